The van der Waals surface area contributed by atoms with Gasteiger partial charge in [-0.25, -0.2) is 0 Å². The maximum absolute atomic E-state index is 12.9. The second-order valence-electron chi connectivity index (χ2n) is 8.59. The van der Waals surface area contributed by atoms with Gasteiger partial charge in [0.1, 0.15) is 0 Å². The highest BCUT2D eigenvalue weighted by atomic mass is 32.1. The molecule has 194 valence electrons. The molecule has 1 aromatic heterocycles. The van der Waals surface area contributed by atoms with Crippen molar-refractivity contribution < 1.29 is 9.53 Å². The second kappa shape index (κ2) is 14.0. The van der Waals surface area contributed by atoms with Gasteiger partial charge in [0.05, 0.1) is 11.4 Å². The van der Waals surface area contributed by atoms with Crippen LogP contribution in [0.5, 0.6) is 11.5 Å². The van der Waals surface area contributed by atoms with E-state index in [0.717, 1.165) is 61.9 Å². The zero-order valence-corrected chi connectivity index (χ0v) is 23.3. The Morgan fingerprint density at radius 3 is 2.36 bits per heavy atom. The molecule has 6 heteroatoms. The Morgan fingerprint density at radius 1 is 0.917 bits per heavy atom. The maximum Gasteiger partial charge on any atom is 0.253 e. The number of anilines is 2. The molecule has 3 aromatic rings. The first-order valence-corrected chi connectivity index (χ1v) is 14.2. The summed E-state index contributed by atoms with van der Waals surface area (Å²) < 4.78 is 6.26. The smallest absolute Gasteiger partial charge is 0.253 e. The highest BCUT2D eigenvalue weighted by molar-refractivity contribution is 7.09. The molecule has 1 aliphatic heterocycles. The van der Waals surface area contributed by atoms with E-state index in [2.05, 4.69) is 46.4 Å². The van der Waals surface area contributed by atoms with Crippen LogP contribution in [0.3, 0.4) is 0 Å². The molecule has 0 saturated heterocycles. The van der Waals surface area contributed by atoms with Crippen LogP contribution in [0.4, 0.5) is 11.4 Å². The largest absolute Gasteiger partial charge is 0.453 e. The fourth-order valence-electron chi connectivity index (χ4n) is 4.56. The molecule has 0 spiro atoms. The van der Waals surface area contributed by atoms with E-state index in [4.69, 9.17) is 4.74 Å². The summed E-state index contributed by atoms with van der Waals surface area (Å²) in [6, 6.07) is 18.4. The monoisotopic (exact) mass is 507 g/mol. The molecule has 0 radical (unpaired) electrons. The Hall–Kier alpha value is -2.83. The van der Waals surface area contributed by atoms with Crippen molar-refractivity contribution in [3.63, 3.8) is 0 Å². The molecule has 2 aromatic carbocycles. The number of amides is 1. The number of benzene rings is 2. The van der Waals surface area contributed by atoms with Gasteiger partial charge in [-0.15, -0.1) is 11.3 Å². The predicted octanol–water partition coefficient (Wildman–Crippen LogP) is 7.80. The van der Waals surface area contributed by atoms with E-state index in [1.54, 1.807) is 0 Å². The molecule has 0 unspecified atom stereocenters. The molecule has 5 nitrogen and oxygen atoms in total. The number of hydrogen-bond donors (Lipinski definition) is 0. The molecule has 0 saturated carbocycles. The van der Waals surface area contributed by atoms with E-state index in [1.807, 2.05) is 74.3 Å². The summed E-state index contributed by atoms with van der Waals surface area (Å²) in [5.74, 6) is 1.64. The van der Waals surface area contributed by atoms with Crippen molar-refractivity contribution >= 4 is 28.6 Å². The van der Waals surface area contributed by atoms with Crippen LogP contribution in [-0.4, -0.2) is 48.4 Å². The van der Waals surface area contributed by atoms with Crippen molar-refractivity contribution in [1.82, 2.24) is 9.80 Å². The maximum atomic E-state index is 12.9. The average Bonchev–Trinajstić information content (AvgIpc) is 3.43. The molecule has 4 rings (SSSR count). The zero-order chi connectivity index (χ0) is 25.9. The summed E-state index contributed by atoms with van der Waals surface area (Å²) in [4.78, 5) is 21.1. The first-order valence-electron chi connectivity index (χ1n) is 13.4. The summed E-state index contributed by atoms with van der Waals surface area (Å²) in [5.41, 5.74) is 2.78. The fourth-order valence-corrected chi connectivity index (χ4v) is 5.31. The number of nitrogens with zero attached hydrogens (tertiary/aromatic N) is 3. The molecule has 36 heavy (non-hydrogen) atoms. The van der Waals surface area contributed by atoms with Gasteiger partial charge < -0.3 is 14.5 Å². The lowest BCUT2D eigenvalue weighted by molar-refractivity contribution is 0.0772. The molecule has 1 aliphatic rings. The summed E-state index contributed by atoms with van der Waals surface area (Å²) in [5, 5.41) is 2.15. The van der Waals surface area contributed by atoms with Crippen LogP contribution in [0.25, 0.3) is 0 Å². The van der Waals surface area contributed by atoms with Gasteiger partial charge in [-0.1, -0.05) is 39.0 Å². The van der Waals surface area contributed by atoms with Gasteiger partial charge in [-0.05, 0) is 75.0 Å². The molecule has 1 amide bonds. The average molecular weight is 508 g/mol. The normalized spacial score (nSPS) is 11.8. The van der Waals surface area contributed by atoms with Crippen molar-refractivity contribution in [2.24, 2.45) is 0 Å². The van der Waals surface area contributed by atoms with Crippen LogP contribution in [0.2, 0.25) is 0 Å². The Balaban J connectivity index is 0.00000176. The zero-order valence-electron chi connectivity index (χ0n) is 22.5. The van der Waals surface area contributed by atoms with E-state index in [-0.39, 0.29) is 5.91 Å². The standard InChI is InChI=1S/C28H35N3O2S.C2H6/c1-4-16-29(21-23-11-9-19-34-23)17-10-18-31-24-12-7-8-13-26(24)33-27-20-22(14-15-25(27)31)28(32)30(5-2)6-3;1-2/h7-9,11-15,19-20H,4-6,10,16-18,21H2,1-3H3;1-2H3. The van der Waals surface area contributed by atoms with Crippen molar-refractivity contribution in [1.29, 1.82) is 0 Å². The number of thiophene rings is 1. The van der Waals surface area contributed by atoms with E-state index < -0.39 is 0 Å². The minimum atomic E-state index is 0.0468. The quantitative estimate of drug-likeness (QED) is 0.265. The van der Waals surface area contributed by atoms with Gasteiger partial charge >= 0.3 is 0 Å². The Bertz CT molecular complexity index is 1080. The fraction of sp³-hybridized carbons (Fsp3) is 0.433. The van der Waals surface area contributed by atoms with Gasteiger partial charge in [0.25, 0.3) is 5.91 Å². The first-order chi connectivity index (χ1) is 17.6. The minimum Gasteiger partial charge on any atom is -0.453 e. The third kappa shape index (κ3) is 6.68. The van der Waals surface area contributed by atoms with Crippen molar-refractivity contribution in [3.05, 3.63) is 70.4 Å². The lowest BCUT2D eigenvalue weighted by Crippen LogP contribution is -2.31. The summed E-state index contributed by atoms with van der Waals surface area (Å²) in [6.45, 7) is 15.7. The first kappa shape index (κ1) is 27.8. The SMILES string of the molecule is CC.CCCN(CCCN1c2ccccc2Oc2cc(C(=O)N(CC)CC)ccc21)Cc1cccs1. The summed E-state index contributed by atoms with van der Waals surface area (Å²) in [6.07, 6.45) is 2.19. The Kier molecular flexibility index (Phi) is 10.8. The number of ether oxygens (including phenoxy) is 1. The van der Waals surface area contributed by atoms with Gasteiger partial charge in [-0.3, -0.25) is 9.69 Å². The third-order valence-electron chi connectivity index (χ3n) is 6.28. The summed E-state index contributed by atoms with van der Waals surface area (Å²) in [7, 11) is 0. The molecule has 0 N–H and O–H groups in total. The summed E-state index contributed by atoms with van der Waals surface area (Å²) >= 11 is 1.83. The number of hydrogen-bond acceptors (Lipinski definition) is 5. The van der Waals surface area contributed by atoms with Crippen molar-refractivity contribution in [2.45, 2.75) is 54.0 Å². The van der Waals surface area contributed by atoms with Gasteiger partial charge in [-0.2, -0.15) is 0 Å². The lowest BCUT2D eigenvalue weighted by Gasteiger charge is -2.34. The highest BCUT2D eigenvalue weighted by Gasteiger charge is 2.26. The molecular formula is C30H41N3O2S. The van der Waals surface area contributed by atoms with Gasteiger partial charge in [0.15, 0.2) is 11.5 Å². The predicted molar refractivity (Wildman–Crippen MR) is 153 cm³/mol. The van der Waals surface area contributed by atoms with Crippen LogP contribution in [0.1, 0.15) is 62.7 Å². The van der Waals surface area contributed by atoms with Crippen LogP contribution >= 0.6 is 11.3 Å². The lowest BCUT2D eigenvalue weighted by atomic mass is 10.1. The highest BCUT2D eigenvalue weighted by Crippen LogP contribution is 2.46. The molecule has 2 heterocycles. The molecule has 0 fully saturated rings. The van der Waals surface area contributed by atoms with Crippen LogP contribution in [-0.2, 0) is 6.54 Å². The van der Waals surface area contributed by atoms with Gasteiger partial charge in [0, 0.05) is 43.2 Å². The second-order valence-corrected chi connectivity index (χ2v) is 9.62. The number of carbonyl (C=O) groups excluding carboxylic acids is 1. The molecular weight excluding hydrogens is 466 g/mol. The number of rotatable bonds is 11. The molecule has 0 atom stereocenters. The molecule has 0 aliphatic carbocycles. The van der Waals surface area contributed by atoms with E-state index in [9.17, 15) is 4.79 Å². The minimum absolute atomic E-state index is 0.0468. The Morgan fingerprint density at radius 2 is 1.67 bits per heavy atom. The topological polar surface area (TPSA) is 36.0 Å². The van der Waals surface area contributed by atoms with Crippen molar-refractivity contribution in [3.8, 4) is 11.5 Å². The van der Waals surface area contributed by atoms with E-state index >= 15 is 0 Å². The van der Waals surface area contributed by atoms with E-state index in [0.29, 0.717) is 18.7 Å². The van der Waals surface area contributed by atoms with E-state index in [1.165, 1.54) is 4.88 Å². The number of fused-ring (bicyclic) bond motifs is 2. The van der Waals surface area contributed by atoms with Crippen LogP contribution in [0.15, 0.2) is 60.0 Å². The number of para-hydroxylation sites is 2. The van der Waals surface area contributed by atoms with Crippen LogP contribution < -0.4 is 9.64 Å². The van der Waals surface area contributed by atoms with Gasteiger partial charge in [0.2, 0.25) is 0 Å². The van der Waals surface area contributed by atoms with Crippen LogP contribution in [0, 0.1) is 0 Å². The van der Waals surface area contributed by atoms with Crippen molar-refractivity contribution in [2.75, 3.05) is 37.6 Å². The third-order valence-corrected chi connectivity index (χ3v) is 7.14. The number of carbonyl (C=O) groups is 1. The molecule has 0 bridgehead atoms. The Labute approximate surface area is 221 Å².